The zero-order chi connectivity index (χ0) is 26.0. The molecule has 36 heavy (non-hydrogen) atoms. The third-order valence-electron chi connectivity index (χ3n) is 6.33. The molecule has 0 aliphatic heterocycles. The first-order valence-corrected chi connectivity index (χ1v) is 13.2. The molecule has 0 saturated carbocycles. The molecule has 0 unspecified atom stereocenters. The van der Waals surface area contributed by atoms with E-state index in [4.69, 9.17) is 9.47 Å². The van der Waals surface area contributed by atoms with E-state index in [2.05, 4.69) is 41.3 Å². The molecule has 0 rings (SSSR count). The van der Waals surface area contributed by atoms with Crippen LogP contribution in [0.2, 0.25) is 0 Å². The Kier molecular flexibility index (Phi) is 22.9. The Morgan fingerprint density at radius 2 is 0.778 bits per heavy atom. The summed E-state index contributed by atoms with van der Waals surface area (Å²) >= 11 is 0. The smallest absolute Gasteiger partial charge is 0.333 e. The van der Waals surface area contributed by atoms with Crippen LogP contribution in [0.5, 0.6) is 0 Å². The number of carbonyl (C=O) groups is 2. The van der Waals surface area contributed by atoms with Crippen molar-refractivity contribution in [2.45, 2.75) is 78.1 Å². The summed E-state index contributed by atoms with van der Waals surface area (Å²) in [6.07, 6.45) is 13.0. The van der Waals surface area contributed by atoms with Crippen LogP contribution in [0.25, 0.3) is 0 Å². The predicted octanol–water partition coefficient (Wildman–Crippen LogP) is 5.58. The summed E-state index contributed by atoms with van der Waals surface area (Å²) in [6, 6.07) is 0. The van der Waals surface area contributed by atoms with Gasteiger partial charge in [-0.1, -0.05) is 51.7 Å². The second-order valence-electron chi connectivity index (χ2n) is 11.1. The summed E-state index contributed by atoms with van der Waals surface area (Å²) in [4.78, 5) is 22.9. The zero-order valence-corrected chi connectivity index (χ0v) is 24.1. The van der Waals surface area contributed by atoms with Crippen molar-refractivity contribution in [2.75, 3.05) is 67.6 Å². The minimum Gasteiger partial charge on any atom is -0.456 e. The standard InChI is InChI=1S/C28H54N2O4.2FH/c1-25(2)27(31)33-23-21-29(5,6)19-17-15-13-11-9-10-12-14-16-18-20-30(7,8)22-24-34-28(32)26(3)4;;/h1,3,9-24H2,2,4-8H3;2*1H/q+2;;. The molecule has 0 atom stereocenters. The number of carbonyl (C=O) groups excluding carboxylic acids is 2. The van der Waals surface area contributed by atoms with Crippen molar-refractivity contribution < 1.29 is 37.4 Å². The molecule has 0 aliphatic rings. The quantitative estimate of drug-likeness (QED) is 0.0854. The Morgan fingerprint density at radius 3 is 1.03 bits per heavy atom. The van der Waals surface area contributed by atoms with E-state index < -0.39 is 0 Å². The van der Waals surface area contributed by atoms with Gasteiger partial charge in [0.25, 0.3) is 0 Å². The van der Waals surface area contributed by atoms with Crippen LogP contribution in [-0.2, 0) is 19.1 Å². The monoisotopic (exact) mass is 522 g/mol. The van der Waals surface area contributed by atoms with Gasteiger partial charge in [-0.25, -0.2) is 9.59 Å². The normalized spacial score (nSPS) is 11.2. The van der Waals surface area contributed by atoms with E-state index in [1.54, 1.807) is 13.8 Å². The topological polar surface area (TPSA) is 52.6 Å². The molecule has 0 aromatic carbocycles. The van der Waals surface area contributed by atoms with Gasteiger partial charge in [-0.2, -0.15) is 0 Å². The van der Waals surface area contributed by atoms with Gasteiger partial charge in [0.1, 0.15) is 26.3 Å². The molecule has 8 heteroatoms. The lowest BCUT2D eigenvalue weighted by atomic mass is 10.1. The maximum absolute atomic E-state index is 11.5. The highest BCUT2D eigenvalue weighted by Crippen LogP contribution is 2.13. The Labute approximate surface area is 219 Å². The molecule has 0 heterocycles. The first-order chi connectivity index (χ1) is 15.9. The average Bonchev–Trinajstić information content (AvgIpc) is 2.73. The number of nitrogens with zero attached hydrogens (tertiary/aromatic N) is 2. The molecule has 0 aliphatic carbocycles. The minimum absolute atomic E-state index is 0. The Bertz CT molecular complexity index is 583. The maximum Gasteiger partial charge on any atom is 0.333 e. The first-order valence-electron chi connectivity index (χ1n) is 13.2. The molecule has 0 fully saturated rings. The third-order valence-corrected chi connectivity index (χ3v) is 6.33. The lowest BCUT2D eigenvalue weighted by Crippen LogP contribution is -2.43. The van der Waals surface area contributed by atoms with Crippen molar-refractivity contribution in [1.82, 2.24) is 0 Å². The Hall–Kier alpha value is -1.80. The fraction of sp³-hybridized carbons (Fsp3) is 0.786. The van der Waals surface area contributed by atoms with Gasteiger partial charge in [0, 0.05) is 11.1 Å². The fourth-order valence-corrected chi connectivity index (χ4v) is 3.73. The number of quaternary nitrogens is 2. The van der Waals surface area contributed by atoms with E-state index in [1.165, 1.54) is 64.2 Å². The van der Waals surface area contributed by atoms with Crippen LogP contribution in [-0.4, -0.2) is 88.5 Å². The van der Waals surface area contributed by atoms with Gasteiger partial charge >= 0.3 is 11.9 Å². The summed E-state index contributed by atoms with van der Waals surface area (Å²) in [7, 11) is 8.81. The van der Waals surface area contributed by atoms with Crippen LogP contribution in [0.15, 0.2) is 24.3 Å². The van der Waals surface area contributed by atoms with Crippen molar-refractivity contribution in [1.29, 1.82) is 0 Å². The summed E-state index contributed by atoms with van der Waals surface area (Å²) in [6.45, 7) is 15.4. The molecule has 0 bridgehead atoms. The van der Waals surface area contributed by atoms with Crippen molar-refractivity contribution in [3.05, 3.63) is 24.3 Å². The Balaban J connectivity index is -0.00000544. The van der Waals surface area contributed by atoms with Crippen molar-refractivity contribution >= 4 is 11.9 Å². The van der Waals surface area contributed by atoms with Crippen molar-refractivity contribution in [3.63, 3.8) is 0 Å². The molecule has 0 spiro atoms. The second kappa shape index (κ2) is 21.3. The molecule has 0 radical (unpaired) electrons. The molecular weight excluding hydrogens is 466 g/mol. The SMILES string of the molecule is C=C(C)C(=O)OCC[N+](C)(C)CCCCCCCCCCCC[N+](C)(C)CCOC(=O)C(=C)C.F.F. The van der Waals surface area contributed by atoms with Gasteiger partial charge in [-0.3, -0.25) is 9.41 Å². The largest absolute Gasteiger partial charge is 0.456 e. The zero-order valence-electron chi connectivity index (χ0n) is 24.1. The molecule has 214 valence electrons. The number of halogens is 2. The summed E-state index contributed by atoms with van der Waals surface area (Å²) in [5, 5.41) is 0. The van der Waals surface area contributed by atoms with Crippen LogP contribution in [0.3, 0.4) is 0 Å². The van der Waals surface area contributed by atoms with Crippen molar-refractivity contribution in [2.24, 2.45) is 0 Å². The molecule has 0 saturated heterocycles. The Morgan fingerprint density at radius 1 is 0.528 bits per heavy atom. The highest BCUT2D eigenvalue weighted by molar-refractivity contribution is 5.87. The molecular formula is C28H56F2N2O4+2. The third kappa shape index (κ3) is 22.7. The highest BCUT2D eigenvalue weighted by Gasteiger charge is 2.16. The highest BCUT2D eigenvalue weighted by atomic mass is 19.0. The summed E-state index contributed by atoms with van der Waals surface area (Å²) in [5.74, 6) is -0.580. The maximum atomic E-state index is 11.5. The van der Waals surface area contributed by atoms with Crippen LogP contribution in [0, 0.1) is 0 Å². The number of esters is 2. The van der Waals surface area contributed by atoms with E-state index in [-0.39, 0.29) is 21.3 Å². The van der Waals surface area contributed by atoms with Crippen LogP contribution in [0.4, 0.5) is 9.41 Å². The number of ether oxygens (including phenoxy) is 2. The molecule has 0 aromatic heterocycles. The summed E-state index contributed by atoms with van der Waals surface area (Å²) < 4.78 is 12.2. The van der Waals surface area contributed by atoms with Gasteiger partial charge in [-0.05, 0) is 39.5 Å². The van der Waals surface area contributed by atoms with Crippen LogP contribution >= 0.6 is 0 Å². The van der Waals surface area contributed by atoms with Gasteiger partial charge in [0.05, 0.1) is 41.3 Å². The van der Waals surface area contributed by atoms with E-state index in [9.17, 15) is 9.59 Å². The number of likely N-dealkylation sites (N-methyl/N-ethyl adjacent to an activating group) is 2. The van der Waals surface area contributed by atoms with E-state index in [1.807, 2.05) is 0 Å². The van der Waals surface area contributed by atoms with E-state index >= 15 is 0 Å². The predicted molar refractivity (Wildman–Crippen MR) is 146 cm³/mol. The average molecular weight is 523 g/mol. The van der Waals surface area contributed by atoms with Gasteiger partial charge in [0.15, 0.2) is 0 Å². The van der Waals surface area contributed by atoms with Crippen molar-refractivity contribution in [3.8, 4) is 0 Å². The number of rotatable bonds is 21. The van der Waals surface area contributed by atoms with E-state index in [0.29, 0.717) is 24.4 Å². The van der Waals surface area contributed by atoms with Gasteiger partial charge in [0.2, 0.25) is 0 Å². The van der Waals surface area contributed by atoms with E-state index in [0.717, 1.165) is 35.1 Å². The second-order valence-corrected chi connectivity index (χ2v) is 11.1. The summed E-state index contributed by atoms with van der Waals surface area (Å²) in [5.41, 5.74) is 0.925. The lowest BCUT2D eigenvalue weighted by molar-refractivity contribution is -0.890. The molecule has 0 amide bonds. The van der Waals surface area contributed by atoms with Crippen LogP contribution in [0.1, 0.15) is 78.1 Å². The molecule has 0 N–H and O–H groups in total. The first kappa shape index (κ1) is 38.7. The molecule has 0 aromatic rings. The fourth-order valence-electron chi connectivity index (χ4n) is 3.73. The molecule has 6 nitrogen and oxygen atoms in total. The number of hydrogen-bond acceptors (Lipinski definition) is 4. The van der Waals surface area contributed by atoms with Crippen LogP contribution < -0.4 is 0 Å². The van der Waals surface area contributed by atoms with Gasteiger partial charge < -0.3 is 18.4 Å². The minimum atomic E-state index is -0.290. The number of unbranched alkanes of at least 4 members (excludes halogenated alkanes) is 9. The number of hydrogen-bond donors (Lipinski definition) is 0. The lowest BCUT2D eigenvalue weighted by Gasteiger charge is -2.29. The van der Waals surface area contributed by atoms with Gasteiger partial charge in [-0.15, -0.1) is 0 Å².